The molecule has 0 fully saturated rings. The number of amides is 1. The van der Waals surface area contributed by atoms with E-state index in [1.807, 2.05) is 25.1 Å². The molecule has 1 N–H and O–H groups in total. The average Bonchev–Trinajstić information content (AvgIpc) is 2.67. The number of hydrogen-bond donors (Lipinski definition) is 1. The van der Waals surface area contributed by atoms with Crippen molar-refractivity contribution in [2.75, 3.05) is 19.4 Å². The average molecular weight is 377 g/mol. The van der Waals surface area contributed by atoms with Crippen LogP contribution in [0, 0.1) is 5.82 Å². The summed E-state index contributed by atoms with van der Waals surface area (Å²) >= 11 is 1.58. The molecule has 2 rings (SSSR count). The van der Waals surface area contributed by atoms with Gasteiger partial charge in [-0.3, -0.25) is 4.79 Å². The molecule has 0 aliphatic carbocycles. The molecular formula is C20H24FNO3S. The zero-order chi connectivity index (χ0) is 18.8. The summed E-state index contributed by atoms with van der Waals surface area (Å²) in [5.74, 6) is 2.22. The van der Waals surface area contributed by atoms with Crippen LogP contribution in [0.1, 0.15) is 18.9 Å². The first-order valence-electron chi connectivity index (χ1n) is 8.53. The minimum Gasteiger partial charge on any atom is -0.497 e. The summed E-state index contributed by atoms with van der Waals surface area (Å²) in [6.07, 6.45) is 0.00414. The molecule has 2 aromatic carbocycles. The van der Waals surface area contributed by atoms with E-state index >= 15 is 0 Å². The molecule has 0 aromatic heterocycles. The summed E-state index contributed by atoms with van der Waals surface area (Å²) in [7, 11) is 1.59. The van der Waals surface area contributed by atoms with E-state index in [1.54, 1.807) is 43.1 Å². The topological polar surface area (TPSA) is 47.6 Å². The highest BCUT2D eigenvalue weighted by atomic mass is 32.2. The van der Waals surface area contributed by atoms with Crippen LogP contribution >= 0.6 is 11.8 Å². The first kappa shape index (κ1) is 20.1. The van der Waals surface area contributed by atoms with Crippen LogP contribution in [-0.2, 0) is 10.5 Å². The molecule has 0 aliphatic rings. The van der Waals surface area contributed by atoms with E-state index in [4.69, 9.17) is 9.47 Å². The third-order valence-electron chi connectivity index (χ3n) is 3.74. The summed E-state index contributed by atoms with van der Waals surface area (Å²) in [6.45, 7) is 2.41. The van der Waals surface area contributed by atoms with E-state index in [-0.39, 0.29) is 11.7 Å². The van der Waals surface area contributed by atoms with E-state index in [1.165, 1.54) is 6.07 Å². The van der Waals surface area contributed by atoms with Crippen molar-refractivity contribution in [1.82, 2.24) is 5.32 Å². The maximum Gasteiger partial charge on any atom is 0.261 e. The Morgan fingerprint density at radius 3 is 2.69 bits per heavy atom. The van der Waals surface area contributed by atoms with Gasteiger partial charge in [-0.2, -0.15) is 11.8 Å². The van der Waals surface area contributed by atoms with E-state index < -0.39 is 6.10 Å². The van der Waals surface area contributed by atoms with Crippen molar-refractivity contribution in [2.24, 2.45) is 0 Å². The number of ether oxygens (including phenoxy) is 2. The molecule has 2 aromatic rings. The highest BCUT2D eigenvalue weighted by Gasteiger charge is 2.18. The number of nitrogens with one attached hydrogen (secondary N) is 1. The predicted octanol–water partition coefficient (Wildman–Crippen LogP) is 4.04. The van der Waals surface area contributed by atoms with Gasteiger partial charge in [0, 0.05) is 24.1 Å². The fourth-order valence-corrected chi connectivity index (χ4v) is 3.16. The standard InChI is InChI=1S/C20H24FNO3S/c1-3-19(25-17-9-6-8-16(13-17)24-2)20(23)22-11-12-26-14-15-7-4-5-10-18(15)21/h4-10,13,19H,3,11-12,14H2,1-2H3,(H,22,23)/t19-/m0/s1. The third-order valence-corrected chi connectivity index (χ3v) is 4.75. The molecule has 0 radical (unpaired) electrons. The molecule has 1 amide bonds. The molecule has 26 heavy (non-hydrogen) atoms. The van der Waals surface area contributed by atoms with Crippen molar-refractivity contribution in [3.05, 3.63) is 59.9 Å². The fourth-order valence-electron chi connectivity index (χ4n) is 2.32. The van der Waals surface area contributed by atoms with Crippen LogP contribution < -0.4 is 14.8 Å². The molecule has 6 heteroatoms. The second-order valence-electron chi connectivity index (χ2n) is 5.63. The number of thioether (sulfide) groups is 1. The van der Waals surface area contributed by atoms with Crippen molar-refractivity contribution in [1.29, 1.82) is 0 Å². The van der Waals surface area contributed by atoms with Gasteiger partial charge in [-0.15, -0.1) is 0 Å². The SMILES string of the molecule is CC[C@H](Oc1cccc(OC)c1)C(=O)NCCSCc1ccccc1F. The minimum atomic E-state index is -0.557. The van der Waals surface area contributed by atoms with Gasteiger partial charge in [-0.05, 0) is 30.2 Å². The van der Waals surface area contributed by atoms with Crippen LogP contribution in [0.3, 0.4) is 0 Å². The minimum absolute atomic E-state index is 0.151. The van der Waals surface area contributed by atoms with Crippen molar-refractivity contribution >= 4 is 17.7 Å². The molecule has 0 spiro atoms. The molecular weight excluding hydrogens is 353 g/mol. The normalized spacial score (nSPS) is 11.7. The second kappa shape index (κ2) is 10.7. The Morgan fingerprint density at radius 2 is 1.96 bits per heavy atom. The number of methoxy groups -OCH3 is 1. The summed E-state index contributed by atoms with van der Waals surface area (Å²) < 4.78 is 24.4. The molecule has 0 heterocycles. The van der Waals surface area contributed by atoms with Gasteiger partial charge in [0.1, 0.15) is 17.3 Å². The van der Waals surface area contributed by atoms with E-state index in [0.29, 0.717) is 41.5 Å². The maximum atomic E-state index is 13.5. The fraction of sp³-hybridized carbons (Fsp3) is 0.350. The number of carbonyl (C=O) groups is 1. The Kier molecular flexibility index (Phi) is 8.28. The number of benzene rings is 2. The van der Waals surface area contributed by atoms with E-state index in [9.17, 15) is 9.18 Å². The third kappa shape index (κ3) is 6.26. The molecule has 4 nitrogen and oxygen atoms in total. The quantitative estimate of drug-likeness (QED) is 0.635. The van der Waals surface area contributed by atoms with Crippen LogP contribution in [0.2, 0.25) is 0 Å². The zero-order valence-electron chi connectivity index (χ0n) is 15.0. The Bertz CT molecular complexity index is 711. The van der Waals surface area contributed by atoms with Gasteiger partial charge in [-0.1, -0.05) is 31.2 Å². The molecule has 0 saturated carbocycles. The van der Waals surface area contributed by atoms with Gasteiger partial charge in [0.25, 0.3) is 5.91 Å². The van der Waals surface area contributed by atoms with Gasteiger partial charge in [0.15, 0.2) is 6.10 Å². The van der Waals surface area contributed by atoms with Gasteiger partial charge >= 0.3 is 0 Å². The lowest BCUT2D eigenvalue weighted by atomic mass is 10.2. The Labute approximate surface area is 158 Å². The number of carbonyl (C=O) groups excluding carboxylic acids is 1. The lowest BCUT2D eigenvalue weighted by molar-refractivity contribution is -0.127. The first-order valence-corrected chi connectivity index (χ1v) is 9.69. The smallest absolute Gasteiger partial charge is 0.261 e. The van der Waals surface area contributed by atoms with Gasteiger partial charge in [0.05, 0.1) is 7.11 Å². The van der Waals surface area contributed by atoms with Crippen LogP contribution in [0.5, 0.6) is 11.5 Å². The van der Waals surface area contributed by atoms with E-state index in [0.717, 1.165) is 0 Å². The Balaban J connectivity index is 1.73. The van der Waals surface area contributed by atoms with Crippen LogP contribution in [-0.4, -0.2) is 31.4 Å². The number of rotatable bonds is 10. The van der Waals surface area contributed by atoms with Gasteiger partial charge < -0.3 is 14.8 Å². The van der Waals surface area contributed by atoms with Crippen molar-refractivity contribution in [3.8, 4) is 11.5 Å². The van der Waals surface area contributed by atoms with Crippen molar-refractivity contribution < 1.29 is 18.7 Å². The second-order valence-corrected chi connectivity index (χ2v) is 6.73. The van der Waals surface area contributed by atoms with Crippen LogP contribution in [0.4, 0.5) is 4.39 Å². The van der Waals surface area contributed by atoms with Crippen LogP contribution in [0.25, 0.3) is 0 Å². The summed E-state index contributed by atoms with van der Waals surface area (Å²) in [6, 6.07) is 13.9. The van der Waals surface area contributed by atoms with E-state index in [2.05, 4.69) is 5.32 Å². The first-order chi connectivity index (χ1) is 12.6. The highest BCUT2D eigenvalue weighted by Crippen LogP contribution is 2.20. The molecule has 1 atom stereocenters. The molecule has 0 aliphatic heterocycles. The van der Waals surface area contributed by atoms with Crippen LogP contribution in [0.15, 0.2) is 48.5 Å². The molecule has 140 valence electrons. The highest BCUT2D eigenvalue weighted by molar-refractivity contribution is 7.98. The molecule has 0 unspecified atom stereocenters. The monoisotopic (exact) mass is 377 g/mol. The summed E-state index contributed by atoms with van der Waals surface area (Å²) in [4.78, 5) is 12.3. The number of halogens is 1. The number of hydrogen-bond acceptors (Lipinski definition) is 4. The summed E-state index contributed by atoms with van der Waals surface area (Å²) in [5.41, 5.74) is 0.677. The lowest BCUT2D eigenvalue weighted by Gasteiger charge is -2.17. The lowest BCUT2D eigenvalue weighted by Crippen LogP contribution is -2.39. The Hall–Kier alpha value is -2.21. The van der Waals surface area contributed by atoms with Crippen molar-refractivity contribution in [2.45, 2.75) is 25.2 Å². The Morgan fingerprint density at radius 1 is 1.19 bits per heavy atom. The molecule has 0 saturated heterocycles. The molecule has 0 bridgehead atoms. The zero-order valence-corrected chi connectivity index (χ0v) is 15.9. The van der Waals surface area contributed by atoms with Crippen molar-refractivity contribution in [3.63, 3.8) is 0 Å². The van der Waals surface area contributed by atoms with Gasteiger partial charge in [0.2, 0.25) is 0 Å². The largest absolute Gasteiger partial charge is 0.497 e. The van der Waals surface area contributed by atoms with Gasteiger partial charge in [-0.25, -0.2) is 4.39 Å². The predicted molar refractivity (Wildman–Crippen MR) is 103 cm³/mol. The maximum absolute atomic E-state index is 13.5. The summed E-state index contributed by atoms with van der Waals surface area (Å²) in [5, 5.41) is 2.87.